The van der Waals surface area contributed by atoms with E-state index in [0.29, 0.717) is 11.8 Å². The van der Waals surface area contributed by atoms with Crippen molar-refractivity contribution in [1.82, 2.24) is 4.90 Å². The van der Waals surface area contributed by atoms with Gasteiger partial charge in [-0.25, -0.2) is 0 Å². The third-order valence-corrected chi connectivity index (χ3v) is 2.88. The van der Waals surface area contributed by atoms with Crippen molar-refractivity contribution in [2.75, 3.05) is 25.6 Å². The van der Waals surface area contributed by atoms with E-state index in [0.717, 1.165) is 18.7 Å². The van der Waals surface area contributed by atoms with E-state index < -0.39 is 0 Å². The molecule has 0 saturated carbocycles. The van der Waals surface area contributed by atoms with Crippen LogP contribution in [-0.4, -0.2) is 36.4 Å². The molecule has 0 aromatic carbocycles. The normalized spacial score (nSPS) is 25.8. The summed E-state index contributed by atoms with van der Waals surface area (Å²) in [6.45, 7) is 0.948. The highest BCUT2D eigenvalue weighted by Crippen LogP contribution is 2.19. The second-order valence-corrected chi connectivity index (χ2v) is 3.96. The zero-order chi connectivity index (χ0) is 8.27. The predicted molar refractivity (Wildman–Crippen MR) is 48.7 cm³/mol. The zero-order valence-electron chi connectivity index (χ0n) is 7.17. The van der Waals surface area contributed by atoms with Gasteiger partial charge in [0.2, 0.25) is 5.91 Å². The standard InChI is InChI=1S/C8H15NOS/c1-9-5-3-4-7(6-11-2)8(9)10/h7H,3-6H2,1-2H3. The summed E-state index contributed by atoms with van der Waals surface area (Å²) < 4.78 is 0. The first-order valence-corrected chi connectivity index (χ1v) is 5.39. The molecule has 0 aromatic rings. The molecular weight excluding hydrogens is 158 g/mol. The van der Waals surface area contributed by atoms with Crippen molar-refractivity contribution < 1.29 is 4.79 Å². The van der Waals surface area contributed by atoms with Crippen LogP contribution < -0.4 is 0 Å². The fourth-order valence-electron chi connectivity index (χ4n) is 1.48. The molecule has 1 heterocycles. The second kappa shape index (κ2) is 4.00. The van der Waals surface area contributed by atoms with Crippen LogP contribution in [0.15, 0.2) is 0 Å². The minimum Gasteiger partial charge on any atom is -0.345 e. The van der Waals surface area contributed by atoms with E-state index in [-0.39, 0.29) is 0 Å². The second-order valence-electron chi connectivity index (χ2n) is 3.05. The first kappa shape index (κ1) is 8.91. The van der Waals surface area contributed by atoms with E-state index in [9.17, 15) is 4.79 Å². The summed E-state index contributed by atoms with van der Waals surface area (Å²) in [5.41, 5.74) is 0. The highest BCUT2D eigenvalue weighted by atomic mass is 32.2. The van der Waals surface area contributed by atoms with Gasteiger partial charge >= 0.3 is 0 Å². The fraction of sp³-hybridized carbons (Fsp3) is 0.875. The van der Waals surface area contributed by atoms with Gasteiger partial charge in [-0.3, -0.25) is 4.79 Å². The van der Waals surface area contributed by atoms with Crippen LogP contribution in [0.3, 0.4) is 0 Å². The maximum atomic E-state index is 11.4. The average Bonchev–Trinajstić information content (AvgIpc) is 1.99. The van der Waals surface area contributed by atoms with E-state index in [1.54, 1.807) is 11.8 Å². The monoisotopic (exact) mass is 173 g/mol. The van der Waals surface area contributed by atoms with Crippen LogP contribution in [0.25, 0.3) is 0 Å². The molecule has 1 aliphatic heterocycles. The van der Waals surface area contributed by atoms with Gasteiger partial charge in [-0.1, -0.05) is 0 Å². The summed E-state index contributed by atoms with van der Waals surface area (Å²) in [7, 11) is 1.90. The molecule has 0 spiro atoms. The van der Waals surface area contributed by atoms with Gasteiger partial charge in [0.15, 0.2) is 0 Å². The van der Waals surface area contributed by atoms with Gasteiger partial charge < -0.3 is 4.90 Å². The van der Waals surface area contributed by atoms with Crippen molar-refractivity contribution in [3.05, 3.63) is 0 Å². The van der Waals surface area contributed by atoms with Crippen molar-refractivity contribution >= 4 is 17.7 Å². The third-order valence-electron chi connectivity index (χ3n) is 2.14. The smallest absolute Gasteiger partial charge is 0.226 e. The maximum absolute atomic E-state index is 11.4. The van der Waals surface area contributed by atoms with Gasteiger partial charge in [-0.15, -0.1) is 0 Å². The fourth-order valence-corrected chi connectivity index (χ4v) is 2.19. The summed E-state index contributed by atoms with van der Waals surface area (Å²) in [6.07, 6.45) is 4.32. The molecule has 1 atom stereocenters. The first-order chi connectivity index (χ1) is 5.25. The molecule has 1 fully saturated rings. The molecule has 0 aromatic heterocycles. The lowest BCUT2D eigenvalue weighted by Gasteiger charge is -2.28. The van der Waals surface area contributed by atoms with Gasteiger partial charge in [0, 0.05) is 25.3 Å². The quantitative estimate of drug-likeness (QED) is 0.626. The van der Waals surface area contributed by atoms with Crippen LogP contribution in [0, 0.1) is 5.92 Å². The molecular formula is C8H15NOS. The molecule has 1 rings (SSSR count). The Labute approximate surface area is 72.3 Å². The lowest BCUT2D eigenvalue weighted by Crippen LogP contribution is -2.39. The number of thioether (sulfide) groups is 1. The molecule has 64 valence electrons. The lowest BCUT2D eigenvalue weighted by molar-refractivity contribution is -0.135. The Hall–Kier alpha value is -0.180. The van der Waals surface area contributed by atoms with Crippen molar-refractivity contribution in [3.63, 3.8) is 0 Å². The van der Waals surface area contributed by atoms with Crippen LogP contribution >= 0.6 is 11.8 Å². The lowest BCUT2D eigenvalue weighted by atomic mass is 10.00. The molecule has 1 aliphatic rings. The number of carbonyl (C=O) groups excluding carboxylic acids is 1. The van der Waals surface area contributed by atoms with Crippen LogP contribution in [0.4, 0.5) is 0 Å². The molecule has 11 heavy (non-hydrogen) atoms. The van der Waals surface area contributed by atoms with Crippen LogP contribution in [0.5, 0.6) is 0 Å². The Morgan fingerprint density at radius 2 is 2.45 bits per heavy atom. The van der Waals surface area contributed by atoms with Gasteiger partial charge in [0.1, 0.15) is 0 Å². The topological polar surface area (TPSA) is 20.3 Å². The summed E-state index contributed by atoms with van der Waals surface area (Å²) in [6, 6.07) is 0. The predicted octanol–water partition coefficient (Wildman–Crippen LogP) is 1.22. The molecule has 1 unspecified atom stereocenters. The summed E-state index contributed by atoms with van der Waals surface area (Å²) in [4.78, 5) is 13.3. The molecule has 2 nitrogen and oxygen atoms in total. The molecule has 3 heteroatoms. The van der Waals surface area contributed by atoms with Crippen LogP contribution in [-0.2, 0) is 4.79 Å². The number of likely N-dealkylation sites (tertiary alicyclic amines) is 1. The Morgan fingerprint density at radius 1 is 1.73 bits per heavy atom. The molecule has 0 radical (unpaired) electrons. The Kier molecular flexibility index (Phi) is 3.24. The van der Waals surface area contributed by atoms with Gasteiger partial charge in [-0.2, -0.15) is 11.8 Å². The minimum absolute atomic E-state index is 0.295. The number of hydrogen-bond donors (Lipinski definition) is 0. The van der Waals surface area contributed by atoms with Crippen molar-refractivity contribution in [1.29, 1.82) is 0 Å². The number of piperidine rings is 1. The largest absolute Gasteiger partial charge is 0.345 e. The van der Waals surface area contributed by atoms with E-state index in [2.05, 4.69) is 6.26 Å². The van der Waals surface area contributed by atoms with E-state index in [1.165, 1.54) is 6.42 Å². The SMILES string of the molecule is CSCC1CCCN(C)C1=O. The molecule has 1 saturated heterocycles. The van der Waals surface area contributed by atoms with Crippen LogP contribution in [0.1, 0.15) is 12.8 Å². The van der Waals surface area contributed by atoms with Gasteiger partial charge in [0.05, 0.1) is 0 Å². The number of rotatable bonds is 2. The maximum Gasteiger partial charge on any atom is 0.226 e. The number of amides is 1. The third kappa shape index (κ3) is 2.12. The Morgan fingerprint density at radius 3 is 3.09 bits per heavy atom. The first-order valence-electron chi connectivity index (χ1n) is 3.99. The summed E-state index contributed by atoms with van der Waals surface area (Å²) in [5.74, 6) is 1.62. The average molecular weight is 173 g/mol. The molecule has 0 bridgehead atoms. The summed E-state index contributed by atoms with van der Waals surface area (Å²) >= 11 is 1.77. The van der Waals surface area contributed by atoms with Crippen LogP contribution in [0.2, 0.25) is 0 Å². The Bertz CT molecular complexity index is 147. The summed E-state index contributed by atoms with van der Waals surface area (Å²) in [5, 5.41) is 0. The van der Waals surface area contributed by atoms with E-state index in [4.69, 9.17) is 0 Å². The number of nitrogens with zero attached hydrogens (tertiary/aromatic N) is 1. The Balaban J connectivity index is 2.44. The zero-order valence-corrected chi connectivity index (χ0v) is 7.99. The van der Waals surface area contributed by atoms with Gasteiger partial charge in [0.25, 0.3) is 0 Å². The van der Waals surface area contributed by atoms with Crippen molar-refractivity contribution in [2.45, 2.75) is 12.8 Å². The van der Waals surface area contributed by atoms with Crippen molar-refractivity contribution in [3.8, 4) is 0 Å². The number of carbonyl (C=O) groups is 1. The molecule has 1 amide bonds. The number of hydrogen-bond acceptors (Lipinski definition) is 2. The van der Waals surface area contributed by atoms with E-state index in [1.807, 2.05) is 11.9 Å². The van der Waals surface area contributed by atoms with E-state index >= 15 is 0 Å². The molecule has 0 N–H and O–H groups in total. The van der Waals surface area contributed by atoms with Crippen molar-refractivity contribution in [2.24, 2.45) is 5.92 Å². The minimum atomic E-state index is 0.295. The molecule has 0 aliphatic carbocycles. The van der Waals surface area contributed by atoms with Gasteiger partial charge in [-0.05, 0) is 19.1 Å². The highest BCUT2D eigenvalue weighted by Gasteiger charge is 2.25. The highest BCUT2D eigenvalue weighted by molar-refractivity contribution is 7.98.